The number of carbonyl (C=O) groups is 2. The Labute approximate surface area is 207 Å². The molecule has 1 aliphatic heterocycles. The summed E-state index contributed by atoms with van der Waals surface area (Å²) in [6.07, 6.45) is 6.06. The Morgan fingerprint density at radius 3 is 2.54 bits per heavy atom. The van der Waals surface area contributed by atoms with Crippen LogP contribution in [0.15, 0.2) is 18.2 Å². The average Bonchev–Trinajstić information content (AvgIpc) is 2.76. The first-order chi connectivity index (χ1) is 16.6. The standard InChI is InChI=1S/C25H36N4O5S/c1-16-5-3-6-20(34-2)24(16)29-8-4-7-28(35(29,32)33)15-22(31)27-23-18-9-17-10-19(23)13-25(11-17,12-18)14-21(26)30/h3,5-6,17-19,23H,4,7-15H2,1-2H3,(H2,26,30)(H,27,31). The topological polar surface area (TPSA) is 122 Å². The van der Waals surface area contributed by atoms with Gasteiger partial charge in [-0.2, -0.15) is 12.7 Å². The summed E-state index contributed by atoms with van der Waals surface area (Å²) in [6, 6.07) is 5.48. The van der Waals surface area contributed by atoms with Gasteiger partial charge in [0.1, 0.15) is 5.75 Å². The van der Waals surface area contributed by atoms with Crippen molar-refractivity contribution in [2.45, 2.75) is 57.9 Å². The van der Waals surface area contributed by atoms with E-state index in [-0.39, 0.29) is 29.8 Å². The number of aryl methyl sites for hydroxylation is 1. The number of anilines is 1. The Bertz CT molecular complexity index is 1110. The van der Waals surface area contributed by atoms with E-state index >= 15 is 0 Å². The van der Waals surface area contributed by atoms with E-state index in [0.29, 0.717) is 55.1 Å². The maximum Gasteiger partial charge on any atom is 0.304 e. The first-order valence-corrected chi connectivity index (χ1v) is 14.0. The highest BCUT2D eigenvalue weighted by molar-refractivity contribution is 7.90. The summed E-state index contributed by atoms with van der Waals surface area (Å²) >= 11 is 0. The van der Waals surface area contributed by atoms with E-state index in [2.05, 4.69) is 5.32 Å². The van der Waals surface area contributed by atoms with Gasteiger partial charge in [-0.3, -0.25) is 13.9 Å². The molecule has 1 heterocycles. The van der Waals surface area contributed by atoms with E-state index in [1.165, 1.54) is 15.7 Å². The van der Waals surface area contributed by atoms with Crippen molar-refractivity contribution in [1.82, 2.24) is 9.62 Å². The lowest BCUT2D eigenvalue weighted by Gasteiger charge is -2.60. The molecule has 2 amide bonds. The largest absolute Gasteiger partial charge is 0.495 e. The normalized spacial score (nSPS) is 33.5. The fourth-order valence-corrected chi connectivity index (χ4v) is 9.41. The maximum atomic E-state index is 13.5. The van der Waals surface area contributed by atoms with Gasteiger partial charge in [0, 0.05) is 25.6 Å². The number of ether oxygens (including phenoxy) is 1. The van der Waals surface area contributed by atoms with Crippen molar-refractivity contribution in [2.75, 3.05) is 31.0 Å². The monoisotopic (exact) mass is 504 g/mol. The van der Waals surface area contributed by atoms with Gasteiger partial charge < -0.3 is 15.8 Å². The van der Waals surface area contributed by atoms with Crippen molar-refractivity contribution in [2.24, 2.45) is 28.9 Å². The average molecular weight is 505 g/mol. The highest BCUT2D eigenvalue weighted by Crippen LogP contribution is 2.61. The van der Waals surface area contributed by atoms with Crippen LogP contribution in [0.5, 0.6) is 5.75 Å². The molecule has 6 rings (SSSR count). The molecular formula is C25H36N4O5S. The molecule has 4 aliphatic carbocycles. The number of amides is 2. The lowest BCUT2D eigenvalue weighted by atomic mass is 9.47. The maximum absolute atomic E-state index is 13.5. The molecule has 0 aromatic heterocycles. The zero-order valence-electron chi connectivity index (χ0n) is 20.5. The van der Waals surface area contributed by atoms with Gasteiger partial charge in [-0.1, -0.05) is 12.1 Å². The number of nitrogens with one attached hydrogen (secondary N) is 1. The molecular weight excluding hydrogens is 468 g/mol. The Morgan fingerprint density at radius 1 is 1.17 bits per heavy atom. The second-order valence-electron chi connectivity index (χ2n) is 11.1. The van der Waals surface area contributed by atoms with Crippen LogP contribution < -0.4 is 20.1 Å². The molecule has 4 saturated carbocycles. The highest BCUT2D eigenvalue weighted by Gasteiger charge is 2.56. The summed E-state index contributed by atoms with van der Waals surface area (Å²) in [5.41, 5.74) is 6.88. The number of hydrogen-bond acceptors (Lipinski definition) is 5. The van der Waals surface area contributed by atoms with E-state index in [0.717, 1.165) is 37.7 Å². The van der Waals surface area contributed by atoms with Gasteiger partial charge in [-0.05, 0) is 80.2 Å². The molecule has 9 nitrogen and oxygen atoms in total. The van der Waals surface area contributed by atoms with E-state index in [1.807, 2.05) is 19.1 Å². The fraction of sp³-hybridized carbons (Fsp3) is 0.680. The Morgan fingerprint density at radius 2 is 1.89 bits per heavy atom. The zero-order valence-corrected chi connectivity index (χ0v) is 21.4. The SMILES string of the molecule is COc1cccc(C)c1N1CCCN(CC(=O)NC2C3CC4CC2CC(CC(N)=O)(C4)C3)S1(=O)=O. The van der Waals surface area contributed by atoms with Gasteiger partial charge in [0.2, 0.25) is 11.8 Å². The van der Waals surface area contributed by atoms with Gasteiger partial charge in [0.25, 0.3) is 0 Å². The molecule has 35 heavy (non-hydrogen) atoms. The molecule has 2 atom stereocenters. The molecule has 1 aromatic rings. The van der Waals surface area contributed by atoms with E-state index in [1.54, 1.807) is 6.07 Å². The van der Waals surface area contributed by atoms with E-state index in [4.69, 9.17) is 10.5 Å². The number of para-hydroxylation sites is 1. The van der Waals surface area contributed by atoms with Crippen molar-refractivity contribution in [3.63, 3.8) is 0 Å². The third-order valence-electron chi connectivity index (χ3n) is 8.64. The van der Waals surface area contributed by atoms with Gasteiger partial charge in [0.05, 0.1) is 19.3 Å². The number of hydrogen-bond donors (Lipinski definition) is 2. The summed E-state index contributed by atoms with van der Waals surface area (Å²) in [5, 5.41) is 3.20. The van der Waals surface area contributed by atoms with Crippen molar-refractivity contribution in [1.29, 1.82) is 0 Å². The van der Waals surface area contributed by atoms with Crippen LogP contribution in [0.4, 0.5) is 5.69 Å². The zero-order chi connectivity index (χ0) is 25.0. The molecule has 10 heteroatoms. The lowest BCUT2D eigenvalue weighted by molar-refractivity contribution is -0.134. The van der Waals surface area contributed by atoms with Crippen LogP contribution in [-0.2, 0) is 19.8 Å². The number of nitrogens with zero attached hydrogens (tertiary/aromatic N) is 2. The van der Waals surface area contributed by atoms with Crippen molar-refractivity contribution < 1.29 is 22.7 Å². The van der Waals surface area contributed by atoms with Crippen LogP contribution in [0.2, 0.25) is 0 Å². The Hall–Kier alpha value is -2.33. The fourth-order valence-electron chi connectivity index (χ4n) is 7.67. The number of nitrogens with two attached hydrogens (primary N) is 1. The Balaban J connectivity index is 1.28. The molecule has 0 spiro atoms. The number of primary amides is 1. The van der Waals surface area contributed by atoms with Crippen LogP contribution in [-0.4, -0.2) is 57.3 Å². The molecule has 4 bridgehead atoms. The van der Waals surface area contributed by atoms with Gasteiger partial charge >= 0.3 is 10.2 Å². The predicted molar refractivity (Wildman–Crippen MR) is 132 cm³/mol. The predicted octanol–water partition coefficient (Wildman–Crippen LogP) is 1.95. The third-order valence-corrected chi connectivity index (χ3v) is 10.5. The molecule has 192 valence electrons. The van der Waals surface area contributed by atoms with Gasteiger partial charge in [-0.15, -0.1) is 0 Å². The summed E-state index contributed by atoms with van der Waals surface area (Å²) < 4.78 is 35.1. The molecule has 5 fully saturated rings. The van der Waals surface area contributed by atoms with Crippen LogP contribution in [0.25, 0.3) is 0 Å². The lowest BCUT2D eigenvalue weighted by Crippen LogP contribution is -2.61. The first-order valence-electron chi connectivity index (χ1n) is 12.6. The second kappa shape index (κ2) is 8.96. The smallest absolute Gasteiger partial charge is 0.304 e. The number of carbonyl (C=O) groups excluding carboxylic acids is 2. The summed E-state index contributed by atoms with van der Waals surface area (Å²) in [5.74, 6) is 1.26. The minimum Gasteiger partial charge on any atom is -0.495 e. The summed E-state index contributed by atoms with van der Waals surface area (Å²) in [7, 11) is -2.35. The molecule has 3 N–H and O–H groups in total. The van der Waals surface area contributed by atoms with E-state index in [9.17, 15) is 18.0 Å². The second-order valence-corrected chi connectivity index (χ2v) is 13.0. The van der Waals surface area contributed by atoms with Crippen LogP contribution in [0.3, 0.4) is 0 Å². The van der Waals surface area contributed by atoms with Crippen LogP contribution in [0, 0.1) is 30.1 Å². The van der Waals surface area contributed by atoms with Crippen LogP contribution in [0.1, 0.15) is 50.5 Å². The van der Waals surface area contributed by atoms with Crippen molar-refractivity contribution in [3.8, 4) is 5.75 Å². The quantitative estimate of drug-likeness (QED) is 0.588. The molecule has 1 aromatic carbocycles. The van der Waals surface area contributed by atoms with Gasteiger partial charge in [0.15, 0.2) is 0 Å². The number of methoxy groups -OCH3 is 1. The van der Waals surface area contributed by atoms with Crippen LogP contribution >= 0.6 is 0 Å². The number of benzene rings is 1. The minimum atomic E-state index is -3.88. The van der Waals surface area contributed by atoms with Crippen molar-refractivity contribution in [3.05, 3.63) is 23.8 Å². The molecule has 1 saturated heterocycles. The molecule has 5 aliphatic rings. The van der Waals surface area contributed by atoms with Crippen molar-refractivity contribution >= 4 is 27.7 Å². The van der Waals surface area contributed by atoms with E-state index < -0.39 is 10.2 Å². The van der Waals surface area contributed by atoms with Gasteiger partial charge in [-0.25, -0.2) is 0 Å². The first kappa shape index (κ1) is 24.4. The highest BCUT2D eigenvalue weighted by atomic mass is 32.2. The summed E-state index contributed by atoms with van der Waals surface area (Å²) in [6.45, 7) is 2.31. The summed E-state index contributed by atoms with van der Waals surface area (Å²) in [4.78, 5) is 24.8. The number of rotatable bonds is 7. The Kier molecular flexibility index (Phi) is 6.24. The third kappa shape index (κ3) is 4.39. The minimum absolute atomic E-state index is 0.00707. The molecule has 2 unspecified atom stereocenters. The molecule has 0 radical (unpaired) electrons.